The van der Waals surface area contributed by atoms with E-state index in [-0.39, 0.29) is 30.1 Å². The summed E-state index contributed by atoms with van der Waals surface area (Å²) in [4.78, 5) is 46.1. The van der Waals surface area contributed by atoms with E-state index in [9.17, 15) is 14.4 Å². The molecular formula is C33H35N3O4. The van der Waals surface area contributed by atoms with Gasteiger partial charge in [-0.3, -0.25) is 19.3 Å². The Hall–Kier alpha value is -4.39. The molecule has 1 heterocycles. The second-order valence-electron chi connectivity index (χ2n) is 10.4. The highest BCUT2D eigenvalue weighted by Crippen LogP contribution is 2.34. The number of rotatable bonds is 9. The van der Waals surface area contributed by atoms with Gasteiger partial charge in [0.15, 0.2) is 5.78 Å². The van der Waals surface area contributed by atoms with Gasteiger partial charge in [0.05, 0.1) is 19.2 Å². The molecule has 4 aromatic rings. The Kier molecular flexibility index (Phi) is 8.29. The maximum atomic E-state index is 14.4. The van der Waals surface area contributed by atoms with Crippen molar-refractivity contribution in [3.8, 4) is 5.75 Å². The normalized spacial score (nSPS) is 14.4. The molecular weight excluding hydrogens is 502 g/mol. The molecule has 1 aliphatic carbocycles. The summed E-state index contributed by atoms with van der Waals surface area (Å²) in [5.41, 5.74) is 3.15. The van der Waals surface area contributed by atoms with E-state index in [1.54, 1.807) is 43.5 Å². The molecule has 5 rings (SSSR count). The van der Waals surface area contributed by atoms with Gasteiger partial charge in [-0.2, -0.15) is 0 Å². The summed E-state index contributed by atoms with van der Waals surface area (Å²) in [6, 6.07) is 21.1. The van der Waals surface area contributed by atoms with E-state index >= 15 is 0 Å². The van der Waals surface area contributed by atoms with Crippen LogP contribution in [0.3, 0.4) is 0 Å². The van der Waals surface area contributed by atoms with Crippen LogP contribution in [-0.4, -0.2) is 35.7 Å². The van der Waals surface area contributed by atoms with Crippen molar-refractivity contribution in [1.82, 2.24) is 10.3 Å². The average Bonchev–Trinajstić information content (AvgIpc) is 3.38. The highest BCUT2D eigenvalue weighted by Gasteiger charge is 2.36. The number of anilines is 1. The lowest BCUT2D eigenvalue weighted by molar-refractivity contribution is -0.127. The molecule has 0 aliphatic heterocycles. The summed E-state index contributed by atoms with van der Waals surface area (Å²) in [6.07, 6.45) is 6.98. The number of aromatic amines is 1. The zero-order valence-electron chi connectivity index (χ0n) is 23.0. The van der Waals surface area contributed by atoms with Crippen LogP contribution < -0.4 is 15.0 Å². The van der Waals surface area contributed by atoms with Crippen molar-refractivity contribution < 1.29 is 19.1 Å². The number of para-hydroxylation sites is 2. The fourth-order valence-electron chi connectivity index (χ4n) is 5.68. The molecule has 0 spiro atoms. The van der Waals surface area contributed by atoms with E-state index in [1.807, 2.05) is 42.6 Å². The molecule has 7 nitrogen and oxygen atoms in total. The van der Waals surface area contributed by atoms with Crippen LogP contribution in [0.4, 0.5) is 5.69 Å². The summed E-state index contributed by atoms with van der Waals surface area (Å²) >= 11 is 0. The number of amides is 2. The van der Waals surface area contributed by atoms with Crippen LogP contribution in [0, 0.1) is 0 Å². The van der Waals surface area contributed by atoms with Gasteiger partial charge in [-0.05, 0) is 61.2 Å². The van der Waals surface area contributed by atoms with Crippen molar-refractivity contribution in [3.05, 3.63) is 95.7 Å². The Morgan fingerprint density at radius 2 is 1.73 bits per heavy atom. The maximum absolute atomic E-state index is 14.4. The number of fused-ring (bicyclic) bond motifs is 1. The second-order valence-corrected chi connectivity index (χ2v) is 10.4. The first-order valence-electron chi connectivity index (χ1n) is 13.9. The van der Waals surface area contributed by atoms with E-state index in [0.717, 1.165) is 48.6 Å². The predicted molar refractivity (Wildman–Crippen MR) is 157 cm³/mol. The average molecular weight is 538 g/mol. The third kappa shape index (κ3) is 5.78. The fourth-order valence-corrected chi connectivity index (χ4v) is 5.68. The summed E-state index contributed by atoms with van der Waals surface area (Å²) in [6.45, 7) is 1.48. The standard InChI is InChI=1S/C33H35N3O4/c1-22(37)27-15-7-9-18-30(27)36(31(38)20-24-21-34-29-17-8-6-16-28(24)29)32(23-11-10-14-26(19-23)40-2)33(39)35-25-12-4-3-5-13-25/h6-11,14-19,21,25,32,34H,3-5,12-13,20H2,1-2H3,(H,35,39). The largest absolute Gasteiger partial charge is 0.497 e. The van der Waals surface area contributed by atoms with Crippen molar-refractivity contribution >= 4 is 34.2 Å². The van der Waals surface area contributed by atoms with Gasteiger partial charge in [0.2, 0.25) is 11.8 Å². The first kappa shape index (κ1) is 27.2. The lowest BCUT2D eigenvalue weighted by Crippen LogP contribution is -2.48. The van der Waals surface area contributed by atoms with E-state index in [1.165, 1.54) is 11.8 Å². The third-order valence-corrected chi connectivity index (χ3v) is 7.70. The Morgan fingerprint density at radius 1 is 0.975 bits per heavy atom. The SMILES string of the molecule is COc1cccc(C(C(=O)NC2CCCCC2)N(C(=O)Cc2c[nH]c3ccccc23)c2ccccc2C(C)=O)c1. The molecule has 1 unspecified atom stereocenters. The Morgan fingerprint density at radius 3 is 2.50 bits per heavy atom. The smallest absolute Gasteiger partial charge is 0.248 e. The quantitative estimate of drug-likeness (QED) is 0.251. The first-order chi connectivity index (χ1) is 19.5. The number of nitrogens with one attached hydrogen (secondary N) is 2. The Bertz CT molecular complexity index is 1520. The molecule has 1 aliphatic rings. The molecule has 206 valence electrons. The molecule has 1 saturated carbocycles. The summed E-state index contributed by atoms with van der Waals surface area (Å²) in [5.74, 6) is -0.162. The van der Waals surface area contributed by atoms with Gasteiger partial charge in [-0.15, -0.1) is 0 Å². The Labute approximate surface area is 234 Å². The van der Waals surface area contributed by atoms with E-state index in [0.29, 0.717) is 22.6 Å². The first-order valence-corrected chi connectivity index (χ1v) is 13.9. The van der Waals surface area contributed by atoms with E-state index in [2.05, 4.69) is 10.3 Å². The summed E-state index contributed by atoms with van der Waals surface area (Å²) < 4.78 is 5.48. The number of Topliss-reactive ketones (excluding diaryl/α,β-unsaturated/α-hetero) is 1. The number of benzene rings is 3. The number of carbonyl (C=O) groups is 3. The molecule has 2 N–H and O–H groups in total. The molecule has 1 aromatic heterocycles. The van der Waals surface area contributed by atoms with Crippen molar-refractivity contribution in [3.63, 3.8) is 0 Å². The molecule has 7 heteroatoms. The highest BCUT2D eigenvalue weighted by molar-refractivity contribution is 6.09. The molecule has 3 aromatic carbocycles. The zero-order chi connectivity index (χ0) is 28.1. The molecule has 1 fully saturated rings. The molecule has 1 atom stereocenters. The molecule has 0 saturated heterocycles. The third-order valence-electron chi connectivity index (χ3n) is 7.70. The number of ketones is 1. The van der Waals surface area contributed by atoms with Crippen LogP contribution in [0.5, 0.6) is 5.75 Å². The lowest BCUT2D eigenvalue weighted by Gasteiger charge is -2.34. The molecule has 0 bridgehead atoms. The number of hydrogen-bond acceptors (Lipinski definition) is 4. The van der Waals surface area contributed by atoms with Gasteiger partial charge in [0, 0.05) is 28.7 Å². The number of methoxy groups -OCH3 is 1. The van der Waals surface area contributed by atoms with Gasteiger partial charge in [-0.25, -0.2) is 0 Å². The monoisotopic (exact) mass is 537 g/mol. The number of aromatic nitrogens is 1. The van der Waals surface area contributed by atoms with Crippen LogP contribution in [-0.2, 0) is 16.0 Å². The summed E-state index contributed by atoms with van der Waals surface area (Å²) in [5, 5.41) is 4.18. The van der Waals surface area contributed by atoms with Crippen LogP contribution >= 0.6 is 0 Å². The van der Waals surface area contributed by atoms with Crippen LogP contribution in [0.15, 0.2) is 79.0 Å². The van der Waals surface area contributed by atoms with Crippen molar-refractivity contribution in [2.75, 3.05) is 12.0 Å². The van der Waals surface area contributed by atoms with Gasteiger partial charge in [0.1, 0.15) is 11.8 Å². The molecule has 40 heavy (non-hydrogen) atoms. The predicted octanol–water partition coefficient (Wildman–Crippen LogP) is 6.15. The van der Waals surface area contributed by atoms with Gasteiger partial charge in [0.25, 0.3) is 0 Å². The number of carbonyl (C=O) groups excluding carboxylic acids is 3. The summed E-state index contributed by atoms with van der Waals surface area (Å²) in [7, 11) is 1.57. The van der Waals surface area contributed by atoms with Crippen molar-refractivity contribution in [1.29, 1.82) is 0 Å². The molecule has 2 amide bonds. The highest BCUT2D eigenvalue weighted by atomic mass is 16.5. The van der Waals surface area contributed by atoms with Gasteiger partial charge in [-0.1, -0.05) is 61.7 Å². The molecule has 0 radical (unpaired) electrons. The number of H-pyrrole nitrogens is 1. The minimum absolute atomic E-state index is 0.0444. The van der Waals surface area contributed by atoms with Gasteiger partial charge >= 0.3 is 0 Å². The van der Waals surface area contributed by atoms with E-state index < -0.39 is 6.04 Å². The fraction of sp³-hybridized carbons (Fsp3) is 0.303. The van der Waals surface area contributed by atoms with Crippen molar-refractivity contribution in [2.45, 2.75) is 57.5 Å². The Balaban J connectivity index is 1.63. The zero-order valence-corrected chi connectivity index (χ0v) is 23.0. The lowest BCUT2D eigenvalue weighted by atomic mass is 9.94. The van der Waals surface area contributed by atoms with Gasteiger partial charge < -0.3 is 15.0 Å². The van der Waals surface area contributed by atoms with Crippen LogP contribution in [0.1, 0.15) is 66.6 Å². The number of nitrogens with zero attached hydrogens (tertiary/aromatic N) is 1. The van der Waals surface area contributed by atoms with E-state index in [4.69, 9.17) is 4.74 Å². The second kappa shape index (κ2) is 12.2. The minimum atomic E-state index is -1.00. The van der Waals surface area contributed by atoms with Crippen LogP contribution in [0.2, 0.25) is 0 Å². The number of ether oxygens (including phenoxy) is 1. The maximum Gasteiger partial charge on any atom is 0.248 e. The topological polar surface area (TPSA) is 91.5 Å². The van der Waals surface area contributed by atoms with Crippen LogP contribution in [0.25, 0.3) is 10.9 Å². The number of hydrogen-bond donors (Lipinski definition) is 2. The minimum Gasteiger partial charge on any atom is -0.497 e. The van der Waals surface area contributed by atoms with Crippen molar-refractivity contribution in [2.24, 2.45) is 0 Å².